The van der Waals surface area contributed by atoms with Crippen molar-refractivity contribution in [1.82, 2.24) is 10.2 Å². The molecule has 2 amide bonds. The number of hydrogen-bond donors (Lipinski definition) is 2. The van der Waals surface area contributed by atoms with E-state index in [0.29, 0.717) is 16.8 Å². The molecule has 0 spiro atoms. The monoisotopic (exact) mass is 532 g/mol. The summed E-state index contributed by atoms with van der Waals surface area (Å²) in [5.41, 5.74) is 1.78. The number of nitrogens with one attached hydrogen (secondary N) is 2. The number of benzene rings is 1. The number of aromatic nitrogens is 2. The van der Waals surface area contributed by atoms with Crippen LogP contribution in [-0.4, -0.2) is 52.9 Å². The SMILES string of the molecule is CCOC(=O)c1sc(NC(=O)CSc2nnc(-c3ccc(NC(C)=O)cc3)o2)c(C(=O)OCC)c1C. The van der Waals surface area contributed by atoms with Crippen LogP contribution in [0.1, 0.15) is 46.4 Å². The van der Waals surface area contributed by atoms with Crippen LogP contribution in [-0.2, 0) is 19.1 Å². The molecule has 0 saturated carbocycles. The van der Waals surface area contributed by atoms with Gasteiger partial charge in [0.15, 0.2) is 0 Å². The van der Waals surface area contributed by atoms with Crippen LogP contribution >= 0.6 is 23.1 Å². The van der Waals surface area contributed by atoms with Crippen LogP contribution in [0.25, 0.3) is 11.5 Å². The van der Waals surface area contributed by atoms with E-state index in [0.717, 1.165) is 23.1 Å². The molecule has 3 aromatic rings. The van der Waals surface area contributed by atoms with Crippen molar-refractivity contribution in [3.8, 4) is 11.5 Å². The van der Waals surface area contributed by atoms with Crippen LogP contribution in [0.4, 0.5) is 10.7 Å². The molecule has 36 heavy (non-hydrogen) atoms. The minimum atomic E-state index is -0.643. The number of anilines is 2. The van der Waals surface area contributed by atoms with Gasteiger partial charge in [0.1, 0.15) is 9.88 Å². The third-order valence-electron chi connectivity index (χ3n) is 4.53. The predicted octanol–water partition coefficient (Wildman–Crippen LogP) is 4.15. The molecule has 0 aliphatic heterocycles. The fourth-order valence-corrected chi connectivity index (χ4v) is 4.68. The maximum absolute atomic E-state index is 12.6. The van der Waals surface area contributed by atoms with Crippen LogP contribution in [0, 0.1) is 6.92 Å². The summed E-state index contributed by atoms with van der Waals surface area (Å²) < 4.78 is 15.7. The first kappa shape index (κ1) is 26.9. The Bertz CT molecular complexity index is 1270. The Hall–Kier alpha value is -3.71. The van der Waals surface area contributed by atoms with Crippen LogP contribution in [0.3, 0.4) is 0 Å². The van der Waals surface area contributed by atoms with Crippen LogP contribution in [0.5, 0.6) is 0 Å². The van der Waals surface area contributed by atoms with Crippen LogP contribution in [0.15, 0.2) is 33.9 Å². The number of thiophene rings is 1. The average Bonchev–Trinajstić information content (AvgIpc) is 3.43. The quantitative estimate of drug-likeness (QED) is 0.288. The predicted molar refractivity (Wildman–Crippen MR) is 134 cm³/mol. The summed E-state index contributed by atoms with van der Waals surface area (Å²) in [4.78, 5) is 48.7. The van der Waals surface area contributed by atoms with Crippen molar-refractivity contribution < 1.29 is 33.1 Å². The van der Waals surface area contributed by atoms with Crippen molar-refractivity contribution in [2.24, 2.45) is 0 Å². The maximum atomic E-state index is 12.6. The highest BCUT2D eigenvalue weighted by atomic mass is 32.2. The van der Waals surface area contributed by atoms with E-state index in [1.165, 1.54) is 6.92 Å². The molecule has 0 aliphatic carbocycles. The van der Waals surface area contributed by atoms with Gasteiger partial charge in [-0.05, 0) is 50.6 Å². The van der Waals surface area contributed by atoms with Gasteiger partial charge < -0.3 is 24.5 Å². The van der Waals surface area contributed by atoms with E-state index in [2.05, 4.69) is 20.8 Å². The number of carbonyl (C=O) groups excluding carboxylic acids is 4. The van der Waals surface area contributed by atoms with Crippen molar-refractivity contribution in [2.45, 2.75) is 32.9 Å². The maximum Gasteiger partial charge on any atom is 0.348 e. The highest BCUT2D eigenvalue weighted by Gasteiger charge is 2.27. The van der Waals surface area contributed by atoms with E-state index in [1.54, 1.807) is 45.0 Å². The largest absolute Gasteiger partial charge is 0.462 e. The standard InChI is InChI=1S/C23H24N4O7S2/c1-5-32-21(30)17-12(3)18(22(31)33-6-2)36-20(17)25-16(29)11-35-23-27-26-19(34-23)14-7-9-15(10-8-14)24-13(4)28/h7-10H,5-6,11H2,1-4H3,(H,24,28)(H,25,29). The zero-order valence-electron chi connectivity index (χ0n) is 20.0. The minimum Gasteiger partial charge on any atom is -0.462 e. The summed E-state index contributed by atoms with van der Waals surface area (Å²) in [6.45, 7) is 6.67. The number of nitrogens with zero attached hydrogens (tertiary/aromatic N) is 2. The van der Waals surface area contributed by atoms with Gasteiger partial charge in [-0.15, -0.1) is 21.5 Å². The highest BCUT2D eigenvalue weighted by molar-refractivity contribution is 7.99. The van der Waals surface area contributed by atoms with Crippen molar-refractivity contribution in [2.75, 3.05) is 29.6 Å². The lowest BCUT2D eigenvalue weighted by Gasteiger charge is -2.06. The van der Waals surface area contributed by atoms with Gasteiger partial charge in [-0.25, -0.2) is 9.59 Å². The van der Waals surface area contributed by atoms with Crippen LogP contribution < -0.4 is 10.6 Å². The number of ether oxygens (including phenoxy) is 2. The van der Waals surface area contributed by atoms with E-state index in [4.69, 9.17) is 13.9 Å². The van der Waals surface area contributed by atoms with Gasteiger partial charge in [0.25, 0.3) is 5.22 Å². The second-order valence-corrected chi connectivity index (χ2v) is 9.12. The molecule has 0 aliphatic rings. The summed E-state index contributed by atoms with van der Waals surface area (Å²) in [5.74, 6) is -1.68. The molecule has 3 rings (SSSR count). The second kappa shape index (κ2) is 12.3. The molecule has 0 radical (unpaired) electrons. The Morgan fingerprint density at radius 3 is 2.31 bits per heavy atom. The normalized spacial score (nSPS) is 10.6. The molecule has 2 N–H and O–H groups in total. The first-order valence-electron chi connectivity index (χ1n) is 10.8. The first-order chi connectivity index (χ1) is 17.2. The smallest absolute Gasteiger partial charge is 0.348 e. The lowest BCUT2D eigenvalue weighted by Crippen LogP contribution is -2.16. The molecule has 0 fully saturated rings. The number of amides is 2. The van der Waals surface area contributed by atoms with Crippen molar-refractivity contribution in [3.05, 3.63) is 40.3 Å². The van der Waals surface area contributed by atoms with Crippen molar-refractivity contribution in [1.29, 1.82) is 0 Å². The zero-order chi connectivity index (χ0) is 26.2. The molecular formula is C23H24N4O7S2. The summed E-state index contributed by atoms with van der Waals surface area (Å²) in [6, 6.07) is 6.85. The highest BCUT2D eigenvalue weighted by Crippen LogP contribution is 2.34. The van der Waals surface area contributed by atoms with E-state index < -0.39 is 17.8 Å². The van der Waals surface area contributed by atoms with E-state index >= 15 is 0 Å². The molecule has 0 atom stereocenters. The topological polar surface area (TPSA) is 150 Å². The Morgan fingerprint density at radius 1 is 1.00 bits per heavy atom. The van der Waals surface area contributed by atoms with Gasteiger partial charge in [-0.3, -0.25) is 9.59 Å². The lowest BCUT2D eigenvalue weighted by atomic mass is 10.1. The first-order valence-corrected chi connectivity index (χ1v) is 12.6. The Morgan fingerprint density at radius 2 is 1.67 bits per heavy atom. The lowest BCUT2D eigenvalue weighted by molar-refractivity contribution is -0.114. The van der Waals surface area contributed by atoms with E-state index in [1.807, 2.05) is 0 Å². The fraction of sp³-hybridized carbons (Fsp3) is 0.304. The number of carbonyl (C=O) groups is 4. The molecule has 190 valence electrons. The summed E-state index contributed by atoms with van der Waals surface area (Å²) in [7, 11) is 0. The molecule has 2 aromatic heterocycles. The van der Waals surface area contributed by atoms with Gasteiger partial charge in [0, 0.05) is 18.2 Å². The third kappa shape index (κ3) is 6.70. The zero-order valence-corrected chi connectivity index (χ0v) is 21.6. The molecule has 13 heteroatoms. The number of hydrogen-bond acceptors (Lipinski definition) is 11. The molecule has 2 heterocycles. The van der Waals surface area contributed by atoms with E-state index in [-0.39, 0.29) is 51.4 Å². The Kier molecular flexibility index (Phi) is 9.19. The average molecular weight is 533 g/mol. The molecule has 11 nitrogen and oxygen atoms in total. The molecule has 0 bridgehead atoms. The van der Waals surface area contributed by atoms with E-state index in [9.17, 15) is 19.2 Å². The number of rotatable bonds is 10. The number of esters is 2. The van der Waals surface area contributed by atoms with Gasteiger partial charge in [0.05, 0.1) is 24.5 Å². The minimum absolute atomic E-state index is 0.0863. The Labute approximate surface area is 214 Å². The summed E-state index contributed by atoms with van der Waals surface area (Å²) in [6.07, 6.45) is 0. The summed E-state index contributed by atoms with van der Waals surface area (Å²) in [5, 5.41) is 13.6. The summed E-state index contributed by atoms with van der Waals surface area (Å²) >= 11 is 1.96. The van der Waals surface area contributed by atoms with Gasteiger partial charge in [-0.1, -0.05) is 11.8 Å². The molecule has 1 aromatic carbocycles. The second-order valence-electron chi connectivity index (χ2n) is 7.17. The van der Waals surface area contributed by atoms with Gasteiger partial charge >= 0.3 is 11.9 Å². The number of thioether (sulfide) groups is 1. The Balaban J connectivity index is 1.67. The molecular weight excluding hydrogens is 508 g/mol. The van der Waals surface area contributed by atoms with Gasteiger partial charge in [-0.2, -0.15) is 0 Å². The van der Waals surface area contributed by atoms with Crippen LogP contribution in [0.2, 0.25) is 0 Å². The fourth-order valence-electron chi connectivity index (χ4n) is 3.02. The van der Waals surface area contributed by atoms with Gasteiger partial charge in [0.2, 0.25) is 17.7 Å². The third-order valence-corrected chi connectivity index (χ3v) is 6.53. The molecule has 0 saturated heterocycles. The van der Waals surface area contributed by atoms with Crippen molar-refractivity contribution >= 4 is 57.5 Å². The van der Waals surface area contributed by atoms with Crippen molar-refractivity contribution in [3.63, 3.8) is 0 Å². The molecule has 0 unspecified atom stereocenters.